The van der Waals surface area contributed by atoms with Crippen LogP contribution in [-0.2, 0) is 28.6 Å². The van der Waals surface area contributed by atoms with Gasteiger partial charge in [-0.1, -0.05) is 197 Å². The maximum absolute atomic E-state index is 12.7. The van der Waals surface area contributed by atoms with Crippen molar-refractivity contribution in [1.82, 2.24) is 0 Å². The van der Waals surface area contributed by atoms with Gasteiger partial charge in [0.2, 0.25) is 0 Å². The second kappa shape index (κ2) is 44.8. The fourth-order valence-corrected chi connectivity index (χ4v) is 6.36. The van der Waals surface area contributed by atoms with Crippen molar-refractivity contribution in [2.45, 2.75) is 226 Å². The lowest BCUT2D eigenvalue weighted by atomic mass is 10.1. The highest BCUT2D eigenvalue weighted by molar-refractivity contribution is 5.71. The van der Waals surface area contributed by atoms with Crippen LogP contribution in [0, 0.1) is 0 Å². The molecule has 0 aliphatic rings. The first kappa shape index (κ1) is 53.1. The molecule has 0 aliphatic heterocycles. The minimum absolute atomic E-state index is 0.0829. The SMILES string of the molecule is CC\C=C/C=C\C=C/CCCCCCCCCC(=O)OCC(COC(=O)CCCCCCCCCCCCC)OC(=O)CCCCCCC/C=C\C/C=C\CC. The summed E-state index contributed by atoms with van der Waals surface area (Å²) in [6.07, 6.45) is 53.4. The molecule has 0 fully saturated rings. The first-order valence-corrected chi connectivity index (χ1v) is 23.3. The molecule has 0 bridgehead atoms. The normalized spacial score (nSPS) is 12.6. The molecule has 1 unspecified atom stereocenters. The molecule has 6 nitrogen and oxygen atoms in total. The molecule has 0 heterocycles. The van der Waals surface area contributed by atoms with Gasteiger partial charge in [-0.25, -0.2) is 0 Å². The number of esters is 3. The van der Waals surface area contributed by atoms with E-state index in [2.05, 4.69) is 81.5 Å². The van der Waals surface area contributed by atoms with Gasteiger partial charge in [0.05, 0.1) is 0 Å². The number of hydrogen-bond donors (Lipinski definition) is 0. The summed E-state index contributed by atoms with van der Waals surface area (Å²) in [6.45, 7) is 6.36. The summed E-state index contributed by atoms with van der Waals surface area (Å²) in [5.74, 6) is -0.912. The van der Waals surface area contributed by atoms with Gasteiger partial charge in [0.15, 0.2) is 6.10 Å². The van der Waals surface area contributed by atoms with E-state index in [0.29, 0.717) is 19.3 Å². The van der Waals surface area contributed by atoms with Crippen LogP contribution >= 0.6 is 0 Å². The summed E-state index contributed by atoms with van der Waals surface area (Å²) >= 11 is 0. The standard InChI is InChI=1S/C50H86O6/c1-4-7-10-13-16-19-22-24-25-26-29-31-34-37-40-43-49(52)55-46-47(45-54-48(51)42-39-36-33-30-27-21-18-15-12-9-6-3)56-50(53)44-41-38-35-32-28-23-20-17-14-11-8-5-2/h7-8,10-11,13,16-17,19-20,22,47H,4-6,9,12,14-15,18,21,23-46H2,1-3H3/b10-7-,11-8-,16-13-,20-17-,22-19-. The van der Waals surface area contributed by atoms with Gasteiger partial charge in [-0.2, -0.15) is 0 Å². The van der Waals surface area contributed by atoms with Gasteiger partial charge in [-0.15, -0.1) is 0 Å². The first-order valence-electron chi connectivity index (χ1n) is 23.3. The molecule has 0 aliphatic carbocycles. The van der Waals surface area contributed by atoms with E-state index in [1.54, 1.807) is 0 Å². The molecule has 0 aromatic rings. The second-order valence-electron chi connectivity index (χ2n) is 15.3. The van der Waals surface area contributed by atoms with E-state index in [0.717, 1.165) is 103 Å². The Morgan fingerprint density at radius 1 is 0.393 bits per heavy atom. The van der Waals surface area contributed by atoms with Gasteiger partial charge in [-0.3, -0.25) is 14.4 Å². The molecule has 0 N–H and O–H groups in total. The molecular weight excluding hydrogens is 697 g/mol. The molecule has 0 aromatic carbocycles. The maximum atomic E-state index is 12.7. The van der Waals surface area contributed by atoms with Crippen LogP contribution in [-0.4, -0.2) is 37.2 Å². The molecule has 0 radical (unpaired) electrons. The molecular formula is C50H86O6. The maximum Gasteiger partial charge on any atom is 0.306 e. The van der Waals surface area contributed by atoms with Crippen LogP contribution in [0.3, 0.4) is 0 Å². The average molecular weight is 783 g/mol. The van der Waals surface area contributed by atoms with E-state index in [1.807, 2.05) is 0 Å². The number of unbranched alkanes of at least 4 members (excludes halogenated alkanes) is 22. The van der Waals surface area contributed by atoms with E-state index in [4.69, 9.17) is 14.2 Å². The fraction of sp³-hybridized carbons (Fsp3) is 0.740. The van der Waals surface area contributed by atoms with Crippen LogP contribution in [0.25, 0.3) is 0 Å². The predicted molar refractivity (Wildman–Crippen MR) is 238 cm³/mol. The minimum atomic E-state index is -0.782. The summed E-state index contributed by atoms with van der Waals surface area (Å²) in [4.78, 5) is 37.8. The molecule has 0 saturated heterocycles. The van der Waals surface area contributed by atoms with E-state index in [1.165, 1.54) is 77.0 Å². The number of carbonyl (C=O) groups is 3. The van der Waals surface area contributed by atoms with Crippen molar-refractivity contribution in [3.05, 3.63) is 60.8 Å². The van der Waals surface area contributed by atoms with Crippen LogP contribution in [0.5, 0.6) is 0 Å². The monoisotopic (exact) mass is 783 g/mol. The Kier molecular flexibility index (Phi) is 42.5. The number of carbonyl (C=O) groups excluding carboxylic acids is 3. The smallest absolute Gasteiger partial charge is 0.306 e. The molecule has 322 valence electrons. The highest BCUT2D eigenvalue weighted by Crippen LogP contribution is 2.14. The number of hydrogen-bond acceptors (Lipinski definition) is 6. The zero-order valence-electron chi connectivity index (χ0n) is 36.6. The number of ether oxygens (including phenoxy) is 3. The molecule has 0 spiro atoms. The van der Waals surface area contributed by atoms with Crippen molar-refractivity contribution in [3.8, 4) is 0 Å². The Labute approximate surface area is 345 Å². The van der Waals surface area contributed by atoms with Crippen LogP contribution in [0.1, 0.15) is 220 Å². The van der Waals surface area contributed by atoms with Gasteiger partial charge < -0.3 is 14.2 Å². The molecule has 0 aromatic heterocycles. The lowest BCUT2D eigenvalue weighted by molar-refractivity contribution is -0.167. The van der Waals surface area contributed by atoms with Gasteiger partial charge in [0.1, 0.15) is 13.2 Å². The summed E-state index contributed by atoms with van der Waals surface area (Å²) < 4.78 is 16.7. The van der Waals surface area contributed by atoms with Crippen molar-refractivity contribution < 1.29 is 28.6 Å². The molecule has 6 heteroatoms. The van der Waals surface area contributed by atoms with E-state index >= 15 is 0 Å². The quantitative estimate of drug-likeness (QED) is 0.0202. The molecule has 56 heavy (non-hydrogen) atoms. The zero-order chi connectivity index (χ0) is 40.8. The third kappa shape index (κ3) is 42.3. The topological polar surface area (TPSA) is 78.9 Å². The second-order valence-corrected chi connectivity index (χ2v) is 15.3. The highest BCUT2D eigenvalue weighted by atomic mass is 16.6. The minimum Gasteiger partial charge on any atom is -0.462 e. The van der Waals surface area contributed by atoms with E-state index in [-0.39, 0.29) is 31.1 Å². The molecule has 0 saturated carbocycles. The van der Waals surface area contributed by atoms with Crippen molar-refractivity contribution in [2.24, 2.45) is 0 Å². The average Bonchev–Trinajstić information content (AvgIpc) is 3.19. The number of allylic oxidation sites excluding steroid dienone is 10. The third-order valence-electron chi connectivity index (χ3n) is 9.83. The van der Waals surface area contributed by atoms with E-state index < -0.39 is 6.10 Å². The molecule has 0 rings (SSSR count). The van der Waals surface area contributed by atoms with E-state index in [9.17, 15) is 14.4 Å². The Hall–Kier alpha value is -2.89. The summed E-state index contributed by atoms with van der Waals surface area (Å²) in [6, 6.07) is 0. The van der Waals surface area contributed by atoms with Crippen molar-refractivity contribution >= 4 is 17.9 Å². The largest absolute Gasteiger partial charge is 0.462 e. The van der Waals surface area contributed by atoms with Gasteiger partial charge in [-0.05, 0) is 64.2 Å². The van der Waals surface area contributed by atoms with Crippen LogP contribution in [0.2, 0.25) is 0 Å². The highest BCUT2D eigenvalue weighted by Gasteiger charge is 2.19. The number of rotatable bonds is 41. The Morgan fingerprint density at radius 2 is 0.786 bits per heavy atom. The van der Waals surface area contributed by atoms with Crippen molar-refractivity contribution in [1.29, 1.82) is 0 Å². The Balaban J connectivity index is 4.40. The fourth-order valence-electron chi connectivity index (χ4n) is 6.36. The Bertz CT molecular complexity index is 1040. The molecule has 0 amide bonds. The predicted octanol–water partition coefficient (Wildman–Crippen LogP) is 14.9. The first-order chi connectivity index (χ1) is 27.5. The van der Waals surface area contributed by atoms with Crippen LogP contribution in [0.4, 0.5) is 0 Å². The zero-order valence-corrected chi connectivity index (χ0v) is 36.6. The van der Waals surface area contributed by atoms with Crippen molar-refractivity contribution in [2.75, 3.05) is 13.2 Å². The van der Waals surface area contributed by atoms with Crippen molar-refractivity contribution in [3.63, 3.8) is 0 Å². The van der Waals surface area contributed by atoms with Crippen LogP contribution in [0.15, 0.2) is 60.8 Å². The Morgan fingerprint density at radius 3 is 1.27 bits per heavy atom. The van der Waals surface area contributed by atoms with Gasteiger partial charge >= 0.3 is 17.9 Å². The van der Waals surface area contributed by atoms with Gasteiger partial charge in [0.25, 0.3) is 0 Å². The summed E-state index contributed by atoms with van der Waals surface area (Å²) in [7, 11) is 0. The van der Waals surface area contributed by atoms with Crippen LogP contribution < -0.4 is 0 Å². The molecule has 1 atom stereocenters. The lowest BCUT2D eigenvalue weighted by Gasteiger charge is -2.18. The third-order valence-corrected chi connectivity index (χ3v) is 9.83. The van der Waals surface area contributed by atoms with Gasteiger partial charge in [0, 0.05) is 19.3 Å². The summed E-state index contributed by atoms with van der Waals surface area (Å²) in [5, 5.41) is 0. The summed E-state index contributed by atoms with van der Waals surface area (Å²) in [5.41, 5.74) is 0. The lowest BCUT2D eigenvalue weighted by Crippen LogP contribution is -2.30.